The molecule has 1 aliphatic heterocycles. The number of nitrogens with one attached hydrogen (secondary N) is 2. The lowest BCUT2D eigenvalue weighted by atomic mass is 9.92. The second-order valence-corrected chi connectivity index (χ2v) is 5.64. The molecule has 2 N–H and O–H groups in total. The van der Waals surface area contributed by atoms with Gasteiger partial charge < -0.3 is 10.6 Å². The normalized spacial score (nSPS) is 22.9. The minimum Gasteiger partial charge on any atom is -0.323 e. The van der Waals surface area contributed by atoms with Gasteiger partial charge in [0.25, 0.3) is 0 Å². The number of hydrogen-bond acceptors (Lipinski definition) is 2. The molecule has 2 atom stereocenters. The van der Waals surface area contributed by atoms with E-state index >= 15 is 0 Å². The van der Waals surface area contributed by atoms with Crippen LogP contribution in [-0.2, 0) is 11.0 Å². The molecule has 1 heterocycles. The summed E-state index contributed by atoms with van der Waals surface area (Å²) < 4.78 is 37.6. The molecule has 0 aliphatic carbocycles. The van der Waals surface area contributed by atoms with E-state index in [-0.39, 0.29) is 28.6 Å². The molecule has 2 rings (SSSR count). The summed E-state index contributed by atoms with van der Waals surface area (Å²) in [5.74, 6) is -0.101. The number of halogens is 4. The first-order valence-corrected chi connectivity index (χ1v) is 7.08. The highest BCUT2D eigenvalue weighted by Gasteiger charge is 2.31. The predicted octanol–water partition coefficient (Wildman–Crippen LogP) is 3.69. The molecule has 3 nitrogen and oxygen atoms in total. The average Bonchev–Trinajstić information content (AvgIpc) is 2.40. The highest BCUT2D eigenvalue weighted by Crippen LogP contribution is 2.33. The SMILES string of the molecule is CC1CCCNC1C(=O)Nc1ccc(C(F)(F)F)cc1Cl. The van der Waals surface area contributed by atoms with E-state index in [1.807, 2.05) is 6.92 Å². The van der Waals surface area contributed by atoms with E-state index in [0.717, 1.165) is 31.5 Å². The molecule has 1 aliphatic rings. The molecule has 1 aromatic carbocycles. The Morgan fingerprint density at radius 2 is 2.14 bits per heavy atom. The molecule has 0 spiro atoms. The van der Waals surface area contributed by atoms with E-state index in [2.05, 4.69) is 10.6 Å². The number of amides is 1. The minimum absolute atomic E-state index is 0.123. The van der Waals surface area contributed by atoms with Crippen LogP contribution in [0.15, 0.2) is 18.2 Å². The van der Waals surface area contributed by atoms with Gasteiger partial charge in [0, 0.05) is 0 Å². The molecular formula is C14H16ClF3N2O. The first-order valence-electron chi connectivity index (χ1n) is 6.70. The van der Waals surface area contributed by atoms with Crippen LogP contribution in [0.25, 0.3) is 0 Å². The van der Waals surface area contributed by atoms with Crippen LogP contribution >= 0.6 is 11.6 Å². The Morgan fingerprint density at radius 1 is 1.43 bits per heavy atom. The van der Waals surface area contributed by atoms with Crippen molar-refractivity contribution in [3.05, 3.63) is 28.8 Å². The van der Waals surface area contributed by atoms with Crippen molar-refractivity contribution in [3.8, 4) is 0 Å². The Morgan fingerprint density at radius 3 is 2.71 bits per heavy atom. The average molecular weight is 321 g/mol. The summed E-state index contributed by atoms with van der Waals surface area (Å²) in [6.07, 6.45) is -2.51. The van der Waals surface area contributed by atoms with Crippen LogP contribution in [-0.4, -0.2) is 18.5 Å². The first-order chi connectivity index (χ1) is 9.79. The number of carbonyl (C=O) groups excluding carboxylic acids is 1. The van der Waals surface area contributed by atoms with Crippen LogP contribution in [0.4, 0.5) is 18.9 Å². The Bertz CT molecular complexity index is 533. The zero-order valence-electron chi connectivity index (χ0n) is 11.4. The third-order valence-corrected chi connectivity index (χ3v) is 3.92. The van der Waals surface area contributed by atoms with Gasteiger partial charge in [0.05, 0.1) is 22.3 Å². The van der Waals surface area contributed by atoms with Gasteiger partial charge >= 0.3 is 6.18 Å². The smallest absolute Gasteiger partial charge is 0.323 e. The lowest BCUT2D eigenvalue weighted by Crippen LogP contribution is -2.48. The zero-order valence-corrected chi connectivity index (χ0v) is 12.2. The fourth-order valence-electron chi connectivity index (χ4n) is 2.40. The monoisotopic (exact) mass is 320 g/mol. The van der Waals surface area contributed by atoms with Crippen molar-refractivity contribution in [1.29, 1.82) is 0 Å². The molecule has 21 heavy (non-hydrogen) atoms. The van der Waals surface area contributed by atoms with Crippen molar-refractivity contribution in [2.45, 2.75) is 32.0 Å². The van der Waals surface area contributed by atoms with Gasteiger partial charge in [0.1, 0.15) is 0 Å². The quantitative estimate of drug-likeness (QED) is 0.872. The summed E-state index contributed by atoms with van der Waals surface area (Å²) in [6, 6.07) is 2.54. The van der Waals surface area contributed by atoms with Gasteiger partial charge in [-0.3, -0.25) is 4.79 Å². The standard InChI is InChI=1S/C14H16ClF3N2O/c1-8-3-2-6-19-12(8)13(21)20-11-5-4-9(7-10(11)15)14(16,17)18/h4-5,7-8,12,19H,2-3,6H2,1H3,(H,20,21). The van der Waals surface area contributed by atoms with E-state index in [0.29, 0.717) is 0 Å². The van der Waals surface area contributed by atoms with Crippen LogP contribution in [0.1, 0.15) is 25.3 Å². The van der Waals surface area contributed by atoms with E-state index in [1.165, 1.54) is 6.07 Å². The number of rotatable bonds is 2. The van der Waals surface area contributed by atoms with Crippen LogP contribution in [0.2, 0.25) is 5.02 Å². The zero-order chi connectivity index (χ0) is 15.6. The topological polar surface area (TPSA) is 41.1 Å². The van der Waals surface area contributed by atoms with Gasteiger partial charge in [-0.15, -0.1) is 0 Å². The summed E-state index contributed by atoms with van der Waals surface area (Å²) in [5, 5.41) is 5.57. The molecule has 1 fully saturated rings. The molecule has 1 saturated heterocycles. The van der Waals surface area contributed by atoms with E-state index in [9.17, 15) is 18.0 Å². The molecule has 116 valence electrons. The highest BCUT2D eigenvalue weighted by molar-refractivity contribution is 6.33. The Hall–Kier alpha value is -1.27. The van der Waals surface area contributed by atoms with Crippen molar-refractivity contribution in [2.24, 2.45) is 5.92 Å². The number of anilines is 1. The third-order valence-electron chi connectivity index (χ3n) is 3.61. The maximum atomic E-state index is 12.5. The maximum Gasteiger partial charge on any atom is 0.416 e. The van der Waals surface area contributed by atoms with Crippen molar-refractivity contribution < 1.29 is 18.0 Å². The highest BCUT2D eigenvalue weighted by atomic mass is 35.5. The van der Waals surface area contributed by atoms with E-state index < -0.39 is 11.7 Å². The number of carbonyl (C=O) groups is 1. The van der Waals surface area contributed by atoms with E-state index in [4.69, 9.17) is 11.6 Å². The number of piperidine rings is 1. The van der Waals surface area contributed by atoms with Crippen LogP contribution in [0, 0.1) is 5.92 Å². The Balaban J connectivity index is 2.11. The molecule has 1 aromatic rings. The van der Waals surface area contributed by atoms with Gasteiger partial charge in [-0.25, -0.2) is 0 Å². The molecule has 0 radical (unpaired) electrons. The fourth-order valence-corrected chi connectivity index (χ4v) is 2.63. The molecule has 0 saturated carbocycles. The number of benzene rings is 1. The summed E-state index contributed by atoms with van der Waals surface area (Å²) in [6.45, 7) is 2.72. The molecule has 2 unspecified atom stereocenters. The van der Waals surface area contributed by atoms with Crippen LogP contribution in [0.5, 0.6) is 0 Å². The first kappa shape index (κ1) is 16.1. The molecule has 0 aromatic heterocycles. The fraction of sp³-hybridized carbons (Fsp3) is 0.500. The summed E-state index contributed by atoms with van der Waals surface area (Å²) >= 11 is 5.82. The van der Waals surface area contributed by atoms with Gasteiger partial charge in [-0.05, 0) is 43.5 Å². The number of hydrogen-bond donors (Lipinski definition) is 2. The second kappa shape index (κ2) is 6.23. The van der Waals surface area contributed by atoms with Gasteiger partial charge in [0.15, 0.2) is 0 Å². The van der Waals surface area contributed by atoms with E-state index in [1.54, 1.807) is 0 Å². The number of alkyl halides is 3. The van der Waals surface area contributed by atoms with Crippen molar-refractivity contribution >= 4 is 23.2 Å². The van der Waals surface area contributed by atoms with Crippen molar-refractivity contribution in [3.63, 3.8) is 0 Å². The third kappa shape index (κ3) is 3.89. The van der Waals surface area contributed by atoms with Gasteiger partial charge in [0.2, 0.25) is 5.91 Å². The molecule has 0 bridgehead atoms. The second-order valence-electron chi connectivity index (χ2n) is 5.23. The van der Waals surface area contributed by atoms with Crippen LogP contribution in [0.3, 0.4) is 0 Å². The van der Waals surface area contributed by atoms with Crippen molar-refractivity contribution in [1.82, 2.24) is 5.32 Å². The molecular weight excluding hydrogens is 305 g/mol. The summed E-state index contributed by atoms with van der Waals surface area (Å²) in [5.41, 5.74) is -0.649. The van der Waals surface area contributed by atoms with Crippen molar-refractivity contribution in [2.75, 3.05) is 11.9 Å². The molecule has 7 heteroatoms. The maximum absolute atomic E-state index is 12.5. The minimum atomic E-state index is -4.45. The lowest BCUT2D eigenvalue weighted by molar-refractivity contribution is -0.137. The molecule has 1 amide bonds. The lowest BCUT2D eigenvalue weighted by Gasteiger charge is -2.29. The predicted molar refractivity (Wildman–Crippen MR) is 75.3 cm³/mol. The largest absolute Gasteiger partial charge is 0.416 e. The Labute approximate surface area is 125 Å². The van der Waals surface area contributed by atoms with Crippen LogP contribution < -0.4 is 10.6 Å². The summed E-state index contributed by atoms with van der Waals surface area (Å²) in [4.78, 5) is 12.2. The summed E-state index contributed by atoms with van der Waals surface area (Å²) in [7, 11) is 0. The van der Waals surface area contributed by atoms with Gasteiger partial charge in [-0.1, -0.05) is 18.5 Å². The Kier molecular flexibility index (Phi) is 4.78. The van der Waals surface area contributed by atoms with Gasteiger partial charge in [-0.2, -0.15) is 13.2 Å².